The molecule has 3 aliphatic heterocycles. The predicted octanol–water partition coefficient (Wildman–Crippen LogP) is 3.96. The van der Waals surface area contributed by atoms with E-state index in [1.165, 1.54) is 12.1 Å². The number of rotatable bonds is 6. The number of ether oxygens (including phenoxy) is 3. The van der Waals surface area contributed by atoms with Gasteiger partial charge in [0.15, 0.2) is 0 Å². The lowest BCUT2D eigenvalue weighted by atomic mass is 10.0. The van der Waals surface area contributed by atoms with Crippen molar-refractivity contribution in [2.24, 2.45) is 0 Å². The van der Waals surface area contributed by atoms with Gasteiger partial charge in [0.05, 0.1) is 25.8 Å². The number of halogens is 1. The summed E-state index contributed by atoms with van der Waals surface area (Å²) in [4.78, 5) is 40.1. The van der Waals surface area contributed by atoms with Crippen molar-refractivity contribution in [3.63, 3.8) is 0 Å². The fourth-order valence-corrected chi connectivity index (χ4v) is 6.20. The Hall–Kier alpha value is -3.28. The van der Waals surface area contributed by atoms with E-state index in [0.29, 0.717) is 57.4 Å². The Morgan fingerprint density at radius 2 is 1.75 bits per heavy atom. The van der Waals surface area contributed by atoms with Crippen LogP contribution in [0.4, 0.5) is 14.9 Å². The molecular weight excluding hydrogens is 565 g/mol. The van der Waals surface area contributed by atoms with Crippen LogP contribution in [0.3, 0.4) is 0 Å². The van der Waals surface area contributed by atoms with Crippen LogP contribution in [0, 0.1) is 5.82 Å². The number of fused-ring (bicyclic) bond motifs is 1. The summed E-state index contributed by atoms with van der Waals surface area (Å²) >= 11 is 0. The van der Waals surface area contributed by atoms with Crippen LogP contribution in [0.1, 0.15) is 52.7 Å². The third kappa shape index (κ3) is 7.68. The van der Waals surface area contributed by atoms with Crippen molar-refractivity contribution in [3.05, 3.63) is 53.5 Å². The van der Waals surface area contributed by atoms with E-state index in [2.05, 4.69) is 21.7 Å². The first-order chi connectivity index (χ1) is 20.9. The van der Waals surface area contributed by atoms with Gasteiger partial charge in [0.1, 0.15) is 23.7 Å². The number of hydrogen-bond acceptors (Lipinski definition) is 8. The zero-order chi connectivity index (χ0) is 31.6. The van der Waals surface area contributed by atoms with Crippen LogP contribution in [-0.4, -0.2) is 114 Å². The van der Waals surface area contributed by atoms with E-state index in [-0.39, 0.29) is 48.5 Å². The Balaban J connectivity index is 1.36. The Morgan fingerprint density at radius 1 is 1.00 bits per heavy atom. The number of hydrogen-bond donors (Lipinski definition) is 0. The topological polar surface area (TPSA) is 87.7 Å². The van der Waals surface area contributed by atoms with Gasteiger partial charge in [-0.25, -0.2) is 14.2 Å². The number of carbonyl (C=O) groups is 2. The highest BCUT2D eigenvalue weighted by molar-refractivity contribution is 5.97. The summed E-state index contributed by atoms with van der Waals surface area (Å²) < 4.78 is 30.8. The molecule has 240 valence electrons. The maximum absolute atomic E-state index is 14.2. The van der Waals surface area contributed by atoms with Gasteiger partial charge >= 0.3 is 6.09 Å². The van der Waals surface area contributed by atoms with Crippen molar-refractivity contribution < 1.29 is 28.2 Å². The normalized spacial score (nSPS) is 24.9. The molecule has 4 atom stereocenters. The molecular formula is C33H46FN5O5. The van der Waals surface area contributed by atoms with E-state index in [0.717, 1.165) is 17.7 Å². The summed E-state index contributed by atoms with van der Waals surface area (Å²) in [5.41, 5.74) is 1.91. The number of piperazine rings is 1. The average Bonchev–Trinajstić information content (AvgIpc) is 2.95. The highest BCUT2D eigenvalue weighted by Crippen LogP contribution is 2.34. The van der Waals surface area contributed by atoms with E-state index < -0.39 is 5.60 Å². The third-order valence-electron chi connectivity index (χ3n) is 8.51. The Labute approximate surface area is 260 Å². The number of nitrogens with zero attached hydrogens (tertiary/aromatic N) is 5. The number of amides is 2. The number of pyridine rings is 1. The van der Waals surface area contributed by atoms with E-state index in [1.807, 2.05) is 40.7 Å². The van der Waals surface area contributed by atoms with Gasteiger partial charge in [0, 0.05) is 50.5 Å². The Kier molecular flexibility index (Phi) is 9.77. The molecule has 0 aliphatic carbocycles. The van der Waals surface area contributed by atoms with Crippen LogP contribution < -0.4 is 9.64 Å². The van der Waals surface area contributed by atoms with E-state index in [4.69, 9.17) is 14.2 Å². The summed E-state index contributed by atoms with van der Waals surface area (Å²) in [7, 11) is 0. The van der Waals surface area contributed by atoms with Crippen LogP contribution in [0.5, 0.6) is 5.88 Å². The largest absolute Gasteiger partial charge is 0.474 e. The van der Waals surface area contributed by atoms with E-state index in [1.54, 1.807) is 28.1 Å². The highest BCUT2D eigenvalue weighted by Gasteiger charge is 2.40. The molecule has 2 aromatic rings. The van der Waals surface area contributed by atoms with Gasteiger partial charge in [-0.05, 0) is 77.3 Å². The molecule has 0 spiro atoms. The summed E-state index contributed by atoms with van der Waals surface area (Å²) in [5.74, 6) is 0.112. The van der Waals surface area contributed by atoms with Gasteiger partial charge in [-0.1, -0.05) is 12.1 Å². The third-order valence-corrected chi connectivity index (χ3v) is 8.51. The monoisotopic (exact) mass is 611 g/mol. The fraction of sp³-hybridized carbons (Fsp3) is 0.606. The lowest BCUT2D eigenvalue weighted by molar-refractivity contribution is -0.122. The molecule has 1 unspecified atom stereocenters. The maximum atomic E-state index is 14.2. The van der Waals surface area contributed by atoms with E-state index in [9.17, 15) is 14.0 Å². The summed E-state index contributed by atoms with van der Waals surface area (Å²) in [5, 5.41) is 0. The minimum atomic E-state index is -0.596. The fourth-order valence-electron chi connectivity index (χ4n) is 6.20. The first-order valence-corrected chi connectivity index (χ1v) is 15.6. The first-order valence-electron chi connectivity index (χ1n) is 15.6. The SMILES string of the molecule is CC1COc2ncc(Cc3ccc(F)cc3)cc2N1C(=O)CN1C[C@@H](C)N(C(=O)OC(C)(C)C)C[C@@H]1CN1CCOC[C@H]1C. The number of aromatic nitrogens is 1. The average molecular weight is 612 g/mol. The second-order valence-electron chi connectivity index (χ2n) is 13.4. The standard InChI is InChI=1S/C33H46FN5O5/c1-22-16-37(28(17-36-11-12-42-20-23(36)2)18-38(22)32(41)44-33(4,5)6)19-30(40)39-24(3)21-43-31-29(39)14-26(15-35-31)13-25-7-9-27(34)10-8-25/h7-10,14-15,22-24,28H,11-13,16-21H2,1-6H3/t22-,23-,24?,28+/m1/s1. The molecule has 2 fully saturated rings. The molecule has 5 rings (SSSR count). The van der Waals surface area contributed by atoms with Gasteiger partial charge in [0.25, 0.3) is 0 Å². The molecule has 0 saturated carbocycles. The summed E-state index contributed by atoms with van der Waals surface area (Å²) in [6, 6.07) is 8.21. The number of anilines is 1. The van der Waals surface area contributed by atoms with Gasteiger partial charge in [0.2, 0.25) is 11.8 Å². The van der Waals surface area contributed by atoms with Crippen molar-refractivity contribution in [2.45, 2.75) is 77.7 Å². The lowest BCUT2D eigenvalue weighted by Crippen LogP contribution is -2.64. The minimum Gasteiger partial charge on any atom is -0.474 e. The van der Waals surface area contributed by atoms with Crippen LogP contribution in [0.25, 0.3) is 0 Å². The second kappa shape index (κ2) is 13.4. The maximum Gasteiger partial charge on any atom is 0.410 e. The molecule has 1 aromatic carbocycles. The van der Waals surface area contributed by atoms with Gasteiger partial charge < -0.3 is 24.0 Å². The first kappa shape index (κ1) is 32.1. The second-order valence-corrected chi connectivity index (χ2v) is 13.4. The molecule has 1 aromatic heterocycles. The highest BCUT2D eigenvalue weighted by atomic mass is 19.1. The molecule has 44 heavy (non-hydrogen) atoms. The van der Waals surface area contributed by atoms with Crippen molar-refractivity contribution in [1.29, 1.82) is 0 Å². The molecule has 10 nitrogen and oxygen atoms in total. The molecule has 0 radical (unpaired) electrons. The molecule has 11 heteroatoms. The van der Waals surface area contributed by atoms with Crippen LogP contribution in [-0.2, 0) is 20.7 Å². The van der Waals surface area contributed by atoms with Crippen LogP contribution in [0.2, 0.25) is 0 Å². The minimum absolute atomic E-state index is 0.0410. The molecule has 3 aliphatic rings. The smallest absolute Gasteiger partial charge is 0.410 e. The Bertz CT molecular complexity index is 1320. The zero-order valence-corrected chi connectivity index (χ0v) is 26.8. The quantitative estimate of drug-likeness (QED) is 0.486. The van der Waals surface area contributed by atoms with E-state index >= 15 is 0 Å². The number of carbonyl (C=O) groups excluding carboxylic acids is 2. The molecule has 0 N–H and O–H groups in total. The van der Waals surface area contributed by atoms with Crippen molar-refractivity contribution in [2.75, 3.05) is 57.4 Å². The summed E-state index contributed by atoms with van der Waals surface area (Å²) in [6.07, 6.45) is 1.98. The predicted molar refractivity (Wildman–Crippen MR) is 166 cm³/mol. The molecule has 2 saturated heterocycles. The zero-order valence-electron chi connectivity index (χ0n) is 26.8. The number of benzene rings is 1. The molecule has 4 heterocycles. The van der Waals surface area contributed by atoms with Crippen molar-refractivity contribution >= 4 is 17.7 Å². The van der Waals surface area contributed by atoms with Crippen molar-refractivity contribution in [1.82, 2.24) is 19.7 Å². The van der Waals surface area contributed by atoms with Crippen molar-refractivity contribution in [3.8, 4) is 5.88 Å². The molecule has 0 bridgehead atoms. The van der Waals surface area contributed by atoms with Gasteiger partial charge in [-0.3, -0.25) is 14.6 Å². The molecule has 2 amide bonds. The van der Waals surface area contributed by atoms with Crippen LogP contribution >= 0.6 is 0 Å². The summed E-state index contributed by atoms with van der Waals surface area (Å²) in [6.45, 7) is 16.1. The lowest BCUT2D eigenvalue weighted by Gasteiger charge is -2.48. The number of morpholine rings is 1. The Morgan fingerprint density at radius 3 is 2.45 bits per heavy atom. The van der Waals surface area contributed by atoms with Crippen LogP contribution in [0.15, 0.2) is 36.5 Å². The van der Waals surface area contributed by atoms with Gasteiger partial charge in [-0.2, -0.15) is 0 Å². The van der Waals surface area contributed by atoms with Gasteiger partial charge in [-0.15, -0.1) is 0 Å².